The van der Waals surface area contributed by atoms with E-state index in [0.717, 1.165) is 11.1 Å². The molecule has 1 atom stereocenters. The molecule has 140 valence electrons. The van der Waals surface area contributed by atoms with E-state index in [-0.39, 0.29) is 47.6 Å². The van der Waals surface area contributed by atoms with Crippen molar-refractivity contribution in [3.63, 3.8) is 0 Å². The second-order valence-corrected chi connectivity index (χ2v) is 7.80. The predicted octanol–water partition coefficient (Wildman–Crippen LogP) is 3.86. The first-order valence-corrected chi connectivity index (χ1v) is 8.91. The molecule has 0 bridgehead atoms. The van der Waals surface area contributed by atoms with Crippen LogP contribution >= 0.6 is 0 Å². The average Bonchev–Trinajstić information content (AvgIpc) is 2.50. The Labute approximate surface area is 157 Å². The van der Waals surface area contributed by atoms with Gasteiger partial charge in [0, 0.05) is 12.8 Å². The molecule has 0 amide bonds. The molecule has 1 aliphatic carbocycles. The molecule has 5 heteroatoms. The zero-order valence-corrected chi connectivity index (χ0v) is 16.6. The van der Waals surface area contributed by atoms with E-state index in [1.54, 1.807) is 6.08 Å². The zero-order chi connectivity index (χ0) is 20.2. The number of aliphatic hydroxyl groups is 2. The quantitative estimate of drug-likeness (QED) is 0.537. The van der Waals surface area contributed by atoms with Gasteiger partial charge in [0.2, 0.25) is 0 Å². The molecule has 26 heavy (non-hydrogen) atoms. The van der Waals surface area contributed by atoms with Crippen molar-refractivity contribution in [1.29, 1.82) is 0 Å². The van der Waals surface area contributed by atoms with E-state index in [2.05, 4.69) is 0 Å². The Hall–Kier alpha value is -1.88. The summed E-state index contributed by atoms with van der Waals surface area (Å²) in [5, 5.41) is 21.6. The fourth-order valence-corrected chi connectivity index (χ4v) is 2.77. The monoisotopic (exact) mass is 356 g/mol. The Bertz CT molecular complexity index is 714. The molecule has 1 rings (SSSR count). The molecular weight excluding hydrogens is 327 g/mol. The third-order valence-corrected chi connectivity index (χ3v) is 4.27. The summed E-state index contributed by atoms with van der Waals surface area (Å²) < 4.78 is 0. The lowest BCUT2D eigenvalue weighted by Crippen LogP contribution is -2.46. The Kier molecular flexibility index (Phi) is 7.40. The van der Waals surface area contributed by atoms with Crippen molar-refractivity contribution in [1.82, 2.24) is 0 Å². The fraction of sp³-hybridized carbons (Fsp3) is 0.524. The van der Waals surface area contributed by atoms with Gasteiger partial charge in [0.15, 0.2) is 17.2 Å². The number of aliphatic hydroxyl groups excluding tert-OH is 1. The van der Waals surface area contributed by atoms with Gasteiger partial charge in [-0.3, -0.25) is 9.59 Å². The Morgan fingerprint density at radius 3 is 2.15 bits per heavy atom. The molecule has 0 aromatic heterocycles. The van der Waals surface area contributed by atoms with E-state index < -0.39 is 17.1 Å². The number of hydrogen-bond donors (Lipinski definition) is 2. The third kappa shape index (κ3) is 4.85. The van der Waals surface area contributed by atoms with Crippen LogP contribution in [0.5, 0.6) is 0 Å². The molecular formula is C21H29BO4. The normalized spacial score (nSPS) is 20.5. The fourth-order valence-electron chi connectivity index (χ4n) is 2.77. The summed E-state index contributed by atoms with van der Waals surface area (Å²) in [5.41, 5.74) is -0.270. The minimum absolute atomic E-state index is 0.0301. The van der Waals surface area contributed by atoms with E-state index in [9.17, 15) is 19.8 Å². The van der Waals surface area contributed by atoms with Crippen molar-refractivity contribution in [2.24, 2.45) is 5.92 Å². The van der Waals surface area contributed by atoms with Crippen LogP contribution in [-0.4, -0.2) is 35.2 Å². The van der Waals surface area contributed by atoms with Gasteiger partial charge in [-0.1, -0.05) is 42.6 Å². The molecule has 4 nitrogen and oxygen atoms in total. The largest absolute Gasteiger partial charge is 0.508 e. The molecule has 0 saturated heterocycles. The maximum atomic E-state index is 12.9. The molecule has 0 aromatic rings. The summed E-state index contributed by atoms with van der Waals surface area (Å²) in [6.07, 6.45) is 3.75. The van der Waals surface area contributed by atoms with Gasteiger partial charge in [0.25, 0.3) is 0 Å². The number of hydrogen-bond acceptors (Lipinski definition) is 4. The Morgan fingerprint density at radius 2 is 1.69 bits per heavy atom. The highest BCUT2D eigenvalue weighted by atomic mass is 16.3. The van der Waals surface area contributed by atoms with Crippen LogP contribution < -0.4 is 0 Å². The molecule has 1 aliphatic rings. The van der Waals surface area contributed by atoms with Crippen LogP contribution in [0.25, 0.3) is 0 Å². The van der Waals surface area contributed by atoms with Gasteiger partial charge >= 0.3 is 0 Å². The highest BCUT2D eigenvalue weighted by Crippen LogP contribution is 2.38. The van der Waals surface area contributed by atoms with Crippen LogP contribution in [0.1, 0.15) is 60.8 Å². The molecule has 2 N–H and O–H groups in total. The molecule has 0 heterocycles. The van der Waals surface area contributed by atoms with Crippen LogP contribution in [0.3, 0.4) is 0 Å². The first-order chi connectivity index (χ1) is 11.9. The smallest absolute Gasteiger partial charge is 0.198 e. The van der Waals surface area contributed by atoms with Crippen LogP contribution in [0.4, 0.5) is 0 Å². The number of ketones is 2. The van der Waals surface area contributed by atoms with Gasteiger partial charge in [-0.15, -0.1) is 0 Å². The van der Waals surface area contributed by atoms with E-state index >= 15 is 0 Å². The number of rotatable bonds is 7. The lowest BCUT2D eigenvalue weighted by molar-refractivity contribution is -0.132. The SMILES string of the molecule is [B]C1=C(CC=C(C)C)C(=O)[C@@](O)(CC=C(C)C)C(O)=C1C(=O)CC(C)C. The van der Waals surface area contributed by atoms with Gasteiger partial charge < -0.3 is 10.2 Å². The lowest BCUT2D eigenvalue weighted by atomic mass is 9.68. The number of allylic oxidation sites excluding steroid dienone is 5. The maximum Gasteiger partial charge on any atom is 0.198 e. The summed E-state index contributed by atoms with van der Waals surface area (Å²) in [7, 11) is 6.11. The lowest BCUT2D eigenvalue weighted by Gasteiger charge is -2.33. The van der Waals surface area contributed by atoms with Crippen molar-refractivity contribution >= 4 is 19.4 Å². The molecule has 0 aromatic carbocycles. The van der Waals surface area contributed by atoms with Gasteiger partial charge in [-0.2, -0.15) is 0 Å². The predicted molar refractivity (Wildman–Crippen MR) is 105 cm³/mol. The number of carbonyl (C=O) groups is 2. The van der Waals surface area contributed by atoms with Crippen LogP contribution in [-0.2, 0) is 9.59 Å². The van der Waals surface area contributed by atoms with Crippen LogP contribution in [0.2, 0.25) is 0 Å². The molecule has 0 aliphatic heterocycles. The zero-order valence-electron chi connectivity index (χ0n) is 16.6. The van der Waals surface area contributed by atoms with E-state index in [0.29, 0.717) is 0 Å². The van der Waals surface area contributed by atoms with Gasteiger partial charge in [-0.05, 0) is 45.6 Å². The molecule has 0 fully saturated rings. The molecule has 0 unspecified atom stereocenters. The Balaban J connectivity index is 3.58. The van der Waals surface area contributed by atoms with Crippen molar-refractivity contribution in [3.05, 3.63) is 45.7 Å². The second-order valence-electron chi connectivity index (χ2n) is 7.80. The first-order valence-electron chi connectivity index (χ1n) is 8.91. The van der Waals surface area contributed by atoms with Crippen LogP contribution in [0, 0.1) is 5.92 Å². The maximum absolute atomic E-state index is 12.9. The van der Waals surface area contributed by atoms with Crippen molar-refractivity contribution < 1.29 is 19.8 Å². The Morgan fingerprint density at radius 1 is 1.15 bits per heavy atom. The first kappa shape index (κ1) is 22.2. The minimum atomic E-state index is -2.16. The van der Waals surface area contributed by atoms with Gasteiger partial charge in [0.1, 0.15) is 13.6 Å². The van der Waals surface area contributed by atoms with E-state index in [1.807, 2.05) is 47.6 Å². The molecule has 0 spiro atoms. The van der Waals surface area contributed by atoms with E-state index in [4.69, 9.17) is 7.85 Å². The summed E-state index contributed by atoms with van der Waals surface area (Å²) in [6, 6.07) is 0. The highest BCUT2D eigenvalue weighted by Gasteiger charge is 2.47. The van der Waals surface area contributed by atoms with Crippen molar-refractivity contribution in [2.45, 2.75) is 66.4 Å². The van der Waals surface area contributed by atoms with Crippen molar-refractivity contribution in [2.75, 3.05) is 0 Å². The summed E-state index contributed by atoms with van der Waals surface area (Å²) >= 11 is 0. The standard InChI is InChI=1S/C21H29BO4/c1-12(2)7-8-15-18(22)17(16(23)11-14(5)6)20(25)21(26,19(15)24)10-9-13(3)4/h7,9,14,25-26H,8,10-11H2,1-6H3/t21-/m0/s1. The second kappa shape index (κ2) is 8.67. The summed E-state index contributed by atoms with van der Waals surface area (Å²) in [6.45, 7) is 11.2. The number of Topliss-reactive ketones (excluding diaryl/α,β-unsaturated/α-hetero) is 2. The third-order valence-electron chi connectivity index (χ3n) is 4.27. The average molecular weight is 356 g/mol. The van der Waals surface area contributed by atoms with Crippen LogP contribution in [0.15, 0.2) is 45.7 Å². The topological polar surface area (TPSA) is 74.6 Å². The molecule has 2 radical (unpaired) electrons. The number of carbonyl (C=O) groups excluding carboxylic acids is 2. The summed E-state index contributed by atoms with van der Waals surface area (Å²) in [5.74, 6) is -1.60. The van der Waals surface area contributed by atoms with Crippen molar-refractivity contribution in [3.8, 4) is 0 Å². The minimum Gasteiger partial charge on any atom is -0.508 e. The summed E-state index contributed by atoms with van der Waals surface area (Å²) in [4.78, 5) is 25.6. The highest BCUT2D eigenvalue weighted by molar-refractivity contribution is 6.34. The van der Waals surface area contributed by atoms with E-state index in [1.165, 1.54) is 0 Å². The van der Waals surface area contributed by atoms with Gasteiger partial charge in [0.05, 0.1) is 5.57 Å². The molecule has 0 saturated carbocycles. The van der Waals surface area contributed by atoms with Gasteiger partial charge in [-0.25, -0.2) is 0 Å².